The Balaban J connectivity index is 2.05. The first-order chi connectivity index (χ1) is 11.1. The Hall–Kier alpha value is -2.28. The molecule has 3 rings (SSSR count). The number of hydrogen-bond donors (Lipinski definition) is 0. The summed E-state index contributed by atoms with van der Waals surface area (Å²) >= 11 is 0. The maximum atomic E-state index is 2.41. The highest BCUT2D eigenvalue weighted by molar-refractivity contribution is 5.65. The molecule has 0 aliphatic carbocycles. The minimum Gasteiger partial charge on any atom is -0.367 e. The molecule has 0 spiro atoms. The predicted octanol–water partition coefficient (Wildman–Crippen LogP) is 5.89. The molecule has 0 aromatic heterocycles. The van der Waals surface area contributed by atoms with Crippen molar-refractivity contribution in [2.45, 2.75) is 33.2 Å². The smallest absolute Gasteiger partial charge is 0.0728 e. The number of benzene rings is 2. The van der Waals surface area contributed by atoms with Crippen molar-refractivity contribution in [3.63, 3.8) is 0 Å². The Morgan fingerprint density at radius 3 is 2.39 bits per heavy atom. The first-order valence-corrected chi connectivity index (χ1v) is 8.38. The molecule has 0 fully saturated rings. The van der Waals surface area contributed by atoms with E-state index in [1.165, 1.54) is 33.5 Å². The van der Waals surface area contributed by atoms with Crippen LogP contribution in [-0.4, -0.2) is 11.9 Å². The van der Waals surface area contributed by atoms with Crippen molar-refractivity contribution >= 4 is 0 Å². The highest BCUT2D eigenvalue weighted by Crippen LogP contribution is 2.35. The molecule has 1 atom stereocenters. The molecule has 23 heavy (non-hydrogen) atoms. The molecule has 1 heteroatoms. The summed E-state index contributed by atoms with van der Waals surface area (Å²) in [6, 6.07) is 17.8. The highest BCUT2D eigenvalue weighted by atomic mass is 15.1. The van der Waals surface area contributed by atoms with Crippen LogP contribution in [0.4, 0.5) is 0 Å². The van der Waals surface area contributed by atoms with Gasteiger partial charge in [-0.1, -0.05) is 61.0 Å². The normalized spacial score (nSPS) is 17.7. The fourth-order valence-corrected chi connectivity index (χ4v) is 3.37. The van der Waals surface area contributed by atoms with Crippen molar-refractivity contribution in [1.82, 2.24) is 4.90 Å². The van der Waals surface area contributed by atoms with E-state index in [4.69, 9.17) is 0 Å². The van der Waals surface area contributed by atoms with Gasteiger partial charge in [-0.25, -0.2) is 0 Å². The van der Waals surface area contributed by atoms with Crippen LogP contribution in [0.15, 0.2) is 72.0 Å². The zero-order chi connectivity index (χ0) is 16.4. The van der Waals surface area contributed by atoms with Gasteiger partial charge in [0.05, 0.1) is 6.04 Å². The van der Waals surface area contributed by atoms with Gasteiger partial charge >= 0.3 is 0 Å². The van der Waals surface area contributed by atoms with E-state index in [1.807, 2.05) is 0 Å². The molecule has 1 unspecified atom stereocenters. The first-order valence-electron chi connectivity index (χ1n) is 8.38. The van der Waals surface area contributed by atoms with Gasteiger partial charge in [-0.3, -0.25) is 0 Å². The van der Waals surface area contributed by atoms with Crippen LogP contribution in [0.3, 0.4) is 0 Å². The quantitative estimate of drug-likeness (QED) is 0.683. The Bertz CT molecular complexity index is 753. The Labute approximate surface area is 140 Å². The third kappa shape index (κ3) is 3.10. The van der Waals surface area contributed by atoms with Gasteiger partial charge in [0.25, 0.3) is 0 Å². The zero-order valence-electron chi connectivity index (χ0n) is 14.5. The predicted molar refractivity (Wildman–Crippen MR) is 99.3 cm³/mol. The summed E-state index contributed by atoms with van der Waals surface area (Å²) in [4.78, 5) is 2.41. The summed E-state index contributed by atoms with van der Waals surface area (Å²) in [5.74, 6) is 0. The van der Waals surface area contributed by atoms with Gasteiger partial charge in [-0.15, -0.1) is 0 Å². The van der Waals surface area contributed by atoms with Crippen molar-refractivity contribution < 1.29 is 0 Å². The fraction of sp³-hybridized carbons (Fsp3) is 0.273. The number of allylic oxidation sites excluding steroid dienone is 3. The van der Waals surface area contributed by atoms with E-state index in [9.17, 15) is 0 Å². The number of rotatable bonds is 3. The van der Waals surface area contributed by atoms with E-state index < -0.39 is 0 Å². The monoisotopic (exact) mass is 303 g/mol. The van der Waals surface area contributed by atoms with Crippen LogP contribution >= 0.6 is 0 Å². The van der Waals surface area contributed by atoms with Crippen LogP contribution in [0.1, 0.15) is 37.4 Å². The van der Waals surface area contributed by atoms with Gasteiger partial charge in [-0.2, -0.15) is 0 Å². The number of likely N-dealkylation sites (N-methyl/N-ethyl adjacent to an activating group) is 1. The molecule has 0 bridgehead atoms. The van der Waals surface area contributed by atoms with Crippen LogP contribution in [0.5, 0.6) is 0 Å². The van der Waals surface area contributed by atoms with Crippen LogP contribution in [-0.2, 0) is 0 Å². The van der Waals surface area contributed by atoms with E-state index in [-0.39, 0.29) is 0 Å². The summed E-state index contributed by atoms with van der Waals surface area (Å²) in [7, 11) is 2.21. The number of aryl methyl sites for hydroxylation is 1. The number of hydrogen-bond acceptors (Lipinski definition) is 1. The average molecular weight is 303 g/mol. The van der Waals surface area contributed by atoms with E-state index in [0.29, 0.717) is 6.04 Å². The Morgan fingerprint density at radius 2 is 1.70 bits per heavy atom. The van der Waals surface area contributed by atoms with Crippen LogP contribution in [0, 0.1) is 6.92 Å². The Morgan fingerprint density at radius 1 is 0.957 bits per heavy atom. The average Bonchev–Trinajstić information content (AvgIpc) is 2.58. The summed E-state index contributed by atoms with van der Waals surface area (Å²) in [6.07, 6.45) is 5.73. The van der Waals surface area contributed by atoms with Gasteiger partial charge in [0.2, 0.25) is 0 Å². The lowest BCUT2D eigenvalue weighted by atomic mass is 9.91. The lowest BCUT2D eigenvalue weighted by Crippen LogP contribution is -2.25. The van der Waals surface area contributed by atoms with Gasteiger partial charge in [0.1, 0.15) is 0 Å². The lowest BCUT2D eigenvalue weighted by Gasteiger charge is -2.34. The molecule has 1 aliphatic rings. The zero-order valence-corrected chi connectivity index (χ0v) is 14.5. The molecule has 0 saturated carbocycles. The van der Waals surface area contributed by atoms with E-state index in [0.717, 1.165) is 6.42 Å². The molecule has 0 radical (unpaired) electrons. The second-order valence-electron chi connectivity index (χ2n) is 6.39. The van der Waals surface area contributed by atoms with Gasteiger partial charge in [0.15, 0.2) is 0 Å². The van der Waals surface area contributed by atoms with E-state index in [1.54, 1.807) is 0 Å². The maximum Gasteiger partial charge on any atom is 0.0728 e. The molecule has 2 aromatic carbocycles. The molecular weight excluding hydrogens is 278 g/mol. The summed E-state index contributed by atoms with van der Waals surface area (Å²) in [6.45, 7) is 6.64. The molecule has 0 amide bonds. The highest BCUT2D eigenvalue weighted by Gasteiger charge is 2.21. The van der Waals surface area contributed by atoms with Crippen molar-refractivity contribution in [3.05, 3.63) is 83.1 Å². The topological polar surface area (TPSA) is 3.24 Å². The molecule has 1 nitrogen and oxygen atoms in total. The largest absolute Gasteiger partial charge is 0.367 e. The minimum absolute atomic E-state index is 0.318. The molecule has 118 valence electrons. The Kier molecular flexibility index (Phi) is 4.38. The van der Waals surface area contributed by atoms with Gasteiger partial charge in [-0.05, 0) is 54.7 Å². The van der Waals surface area contributed by atoms with Crippen LogP contribution in [0.2, 0.25) is 0 Å². The fourth-order valence-electron chi connectivity index (χ4n) is 3.37. The summed E-state index contributed by atoms with van der Waals surface area (Å²) < 4.78 is 0. The van der Waals surface area contributed by atoms with Crippen molar-refractivity contribution in [2.75, 3.05) is 7.05 Å². The summed E-state index contributed by atoms with van der Waals surface area (Å²) in [5, 5.41) is 0. The minimum atomic E-state index is 0.318. The van der Waals surface area contributed by atoms with Crippen molar-refractivity contribution in [2.24, 2.45) is 0 Å². The maximum absolute atomic E-state index is 2.41. The van der Waals surface area contributed by atoms with Crippen LogP contribution in [0.25, 0.3) is 11.1 Å². The second kappa shape index (κ2) is 6.45. The molecule has 0 saturated heterocycles. The second-order valence-corrected chi connectivity index (χ2v) is 6.39. The third-order valence-corrected chi connectivity index (χ3v) is 4.75. The standard InChI is InChI=1S/C22H25N/c1-5-20-13-16(2)14-22(23(20)4)21-15-19(12-11-17(21)3)18-9-7-6-8-10-18/h6-15,22H,5H2,1-4H3. The summed E-state index contributed by atoms with van der Waals surface area (Å²) in [5.41, 5.74) is 8.07. The number of nitrogens with zero attached hydrogens (tertiary/aromatic N) is 1. The van der Waals surface area contributed by atoms with Crippen molar-refractivity contribution in [3.8, 4) is 11.1 Å². The molecular formula is C22H25N. The van der Waals surface area contributed by atoms with E-state index >= 15 is 0 Å². The first kappa shape index (κ1) is 15.6. The SMILES string of the molecule is CCC1=CC(C)=CC(c2cc(-c3ccccc3)ccc2C)N1C. The molecule has 2 aromatic rings. The lowest BCUT2D eigenvalue weighted by molar-refractivity contribution is 0.342. The molecule has 0 N–H and O–H groups in total. The van der Waals surface area contributed by atoms with Crippen LogP contribution < -0.4 is 0 Å². The van der Waals surface area contributed by atoms with Gasteiger partial charge < -0.3 is 4.90 Å². The van der Waals surface area contributed by atoms with Gasteiger partial charge in [0, 0.05) is 12.7 Å². The van der Waals surface area contributed by atoms with Crippen molar-refractivity contribution in [1.29, 1.82) is 0 Å². The molecule has 1 heterocycles. The van der Waals surface area contributed by atoms with E-state index in [2.05, 4.69) is 93.4 Å². The molecule has 1 aliphatic heterocycles. The third-order valence-electron chi connectivity index (χ3n) is 4.75.